The zero-order valence-electron chi connectivity index (χ0n) is 8.60. The molecule has 4 nitrogen and oxygen atoms in total. The van der Waals surface area contributed by atoms with E-state index in [1.165, 1.54) is 0 Å². The van der Waals surface area contributed by atoms with Crippen LogP contribution in [0, 0.1) is 0 Å². The highest BCUT2D eigenvalue weighted by Crippen LogP contribution is 2.11. The number of ether oxygens (including phenoxy) is 1. The topological polar surface area (TPSA) is 58.6 Å². The molecule has 5 heteroatoms. The first-order valence-electron chi connectivity index (χ1n) is 4.82. The summed E-state index contributed by atoms with van der Waals surface area (Å²) in [5.74, 6) is -0.364. The number of aliphatic hydroxyl groups excluding tert-OH is 1. The standard InChI is InChI=1S/C10H15NO3S/c1-2-14-10(13)5-9(12)6-11-8-3-4-15-7-8/h3-4,7,9,11-12H,2,5-6H2,1H3. The van der Waals surface area contributed by atoms with Gasteiger partial charge in [-0.05, 0) is 18.4 Å². The Bertz CT molecular complexity index is 287. The number of carbonyl (C=O) groups excluding carboxylic acids is 1. The second-order valence-corrected chi connectivity index (χ2v) is 3.84. The fraction of sp³-hybridized carbons (Fsp3) is 0.500. The van der Waals surface area contributed by atoms with Gasteiger partial charge in [0, 0.05) is 17.6 Å². The van der Waals surface area contributed by atoms with E-state index in [4.69, 9.17) is 4.74 Å². The van der Waals surface area contributed by atoms with Crippen molar-refractivity contribution < 1.29 is 14.6 Å². The molecule has 84 valence electrons. The van der Waals surface area contributed by atoms with Crippen molar-refractivity contribution in [2.45, 2.75) is 19.4 Å². The number of esters is 1. The Hall–Kier alpha value is -1.07. The molecule has 1 heterocycles. The number of thiophene rings is 1. The maximum atomic E-state index is 11.0. The summed E-state index contributed by atoms with van der Waals surface area (Å²) in [6.45, 7) is 2.45. The first kappa shape index (κ1) is 12.0. The molecule has 0 aromatic carbocycles. The lowest BCUT2D eigenvalue weighted by atomic mass is 10.2. The SMILES string of the molecule is CCOC(=O)CC(O)CNc1ccsc1. The van der Waals surface area contributed by atoms with Crippen molar-refractivity contribution in [2.75, 3.05) is 18.5 Å². The summed E-state index contributed by atoms with van der Waals surface area (Å²) in [5, 5.41) is 16.4. The van der Waals surface area contributed by atoms with E-state index in [2.05, 4.69) is 5.32 Å². The van der Waals surface area contributed by atoms with Crippen LogP contribution in [0.4, 0.5) is 5.69 Å². The van der Waals surface area contributed by atoms with E-state index in [-0.39, 0.29) is 12.4 Å². The Balaban J connectivity index is 2.18. The average Bonchev–Trinajstić information content (AvgIpc) is 2.67. The summed E-state index contributed by atoms with van der Waals surface area (Å²) in [6.07, 6.45) is -0.672. The quantitative estimate of drug-likeness (QED) is 0.725. The van der Waals surface area contributed by atoms with Gasteiger partial charge in [-0.3, -0.25) is 4.79 Å². The van der Waals surface area contributed by atoms with Crippen molar-refractivity contribution in [3.63, 3.8) is 0 Å². The third kappa shape index (κ3) is 4.80. The molecule has 0 amide bonds. The van der Waals surface area contributed by atoms with Crippen LogP contribution < -0.4 is 5.32 Å². The molecule has 1 aromatic heterocycles. The molecule has 1 unspecified atom stereocenters. The number of carbonyl (C=O) groups is 1. The maximum Gasteiger partial charge on any atom is 0.308 e. The smallest absolute Gasteiger partial charge is 0.308 e. The summed E-state index contributed by atoms with van der Waals surface area (Å²) in [7, 11) is 0. The lowest BCUT2D eigenvalue weighted by molar-refractivity contribution is -0.145. The molecule has 1 rings (SSSR count). The van der Waals surface area contributed by atoms with Gasteiger partial charge >= 0.3 is 5.97 Å². The van der Waals surface area contributed by atoms with E-state index in [1.807, 2.05) is 16.8 Å². The third-order valence-corrected chi connectivity index (χ3v) is 2.45. The van der Waals surface area contributed by atoms with Crippen LogP contribution >= 0.6 is 11.3 Å². The van der Waals surface area contributed by atoms with Crippen LogP contribution in [0.5, 0.6) is 0 Å². The average molecular weight is 229 g/mol. The third-order valence-electron chi connectivity index (χ3n) is 1.77. The van der Waals surface area contributed by atoms with Gasteiger partial charge < -0.3 is 15.2 Å². The number of hydrogen-bond acceptors (Lipinski definition) is 5. The fourth-order valence-corrected chi connectivity index (χ4v) is 1.70. The molecule has 0 saturated carbocycles. The molecule has 0 fully saturated rings. The Morgan fingerprint density at radius 2 is 2.53 bits per heavy atom. The van der Waals surface area contributed by atoms with E-state index >= 15 is 0 Å². The van der Waals surface area contributed by atoms with Crippen molar-refractivity contribution in [1.29, 1.82) is 0 Å². The van der Waals surface area contributed by atoms with Crippen LogP contribution in [0.15, 0.2) is 16.8 Å². The lowest BCUT2D eigenvalue weighted by Crippen LogP contribution is -2.23. The maximum absolute atomic E-state index is 11.0. The molecule has 0 aliphatic rings. The summed E-state index contributed by atoms with van der Waals surface area (Å²) in [5.41, 5.74) is 0.961. The Morgan fingerprint density at radius 3 is 3.13 bits per heavy atom. The van der Waals surface area contributed by atoms with Crippen LogP contribution in [-0.2, 0) is 9.53 Å². The first-order chi connectivity index (χ1) is 7.22. The molecule has 2 N–H and O–H groups in total. The molecular weight excluding hydrogens is 214 g/mol. The Labute approximate surface area is 92.9 Å². The van der Waals surface area contributed by atoms with E-state index in [9.17, 15) is 9.90 Å². The van der Waals surface area contributed by atoms with E-state index < -0.39 is 6.10 Å². The highest BCUT2D eigenvalue weighted by Gasteiger charge is 2.11. The summed E-state index contributed by atoms with van der Waals surface area (Å²) >= 11 is 1.58. The molecule has 0 saturated heterocycles. The second kappa shape index (κ2) is 6.42. The van der Waals surface area contributed by atoms with Crippen molar-refractivity contribution in [3.05, 3.63) is 16.8 Å². The van der Waals surface area contributed by atoms with Gasteiger partial charge in [-0.25, -0.2) is 0 Å². The van der Waals surface area contributed by atoms with Crippen LogP contribution in [-0.4, -0.2) is 30.3 Å². The largest absolute Gasteiger partial charge is 0.466 e. The molecular formula is C10H15NO3S. The van der Waals surface area contributed by atoms with Crippen LogP contribution in [0.2, 0.25) is 0 Å². The normalized spacial score (nSPS) is 12.1. The predicted octanol–water partition coefficient (Wildman–Crippen LogP) is 1.47. The number of anilines is 1. The number of hydrogen-bond donors (Lipinski definition) is 2. The summed E-state index contributed by atoms with van der Waals surface area (Å²) in [4.78, 5) is 11.0. The summed E-state index contributed by atoms with van der Waals surface area (Å²) < 4.78 is 4.72. The molecule has 0 bridgehead atoms. The summed E-state index contributed by atoms with van der Waals surface area (Å²) in [6, 6.07) is 1.92. The zero-order valence-corrected chi connectivity index (χ0v) is 9.42. The minimum absolute atomic E-state index is 0.0327. The fourth-order valence-electron chi connectivity index (χ4n) is 1.09. The molecule has 1 atom stereocenters. The molecule has 1 aromatic rings. The van der Waals surface area contributed by atoms with E-state index in [0.29, 0.717) is 13.2 Å². The van der Waals surface area contributed by atoms with Gasteiger partial charge in [0.05, 0.1) is 19.1 Å². The van der Waals surface area contributed by atoms with Gasteiger partial charge in [-0.2, -0.15) is 11.3 Å². The van der Waals surface area contributed by atoms with E-state index in [1.54, 1.807) is 18.3 Å². The van der Waals surface area contributed by atoms with Gasteiger partial charge in [0.25, 0.3) is 0 Å². The van der Waals surface area contributed by atoms with Crippen molar-refractivity contribution >= 4 is 23.0 Å². The van der Waals surface area contributed by atoms with Gasteiger partial charge in [-0.1, -0.05) is 0 Å². The molecule has 0 aliphatic heterocycles. The molecule has 0 aliphatic carbocycles. The van der Waals surface area contributed by atoms with Crippen LogP contribution in [0.1, 0.15) is 13.3 Å². The first-order valence-corrected chi connectivity index (χ1v) is 5.76. The minimum atomic E-state index is -0.705. The van der Waals surface area contributed by atoms with E-state index in [0.717, 1.165) is 5.69 Å². The Kier molecular flexibility index (Phi) is 5.14. The predicted molar refractivity (Wildman–Crippen MR) is 60.1 cm³/mol. The van der Waals surface area contributed by atoms with Gasteiger partial charge in [0.15, 0.2) is 0 Å². The van der Waals surface area contributed by atoms with Gasteiger partial charge in [-0.15, -0.1) is 0 Å². The molecule has 0 radical (unpaired) electrons. The molecule has 15 heavy (non-hydrogen) atoms. The zero-order chi connectivity index (χ0) is 11.1. The van der Waals surface area contributed by atoms with Gasteiger partial charge in [0.2, 0.25) is 0 Å². The van der Waals surface area contributed by atoms with Crippen molar-refractivity contribution in [1.82, 2.24) is 0 Å². The number of nitrogens with one attached hydrogen (secondary N) is 1. The number of rotatable bonds is 6. The van der Waals surface area contributed by atoms with Gasteiger partial charge in [0.1, 0.15) is 0 Å². The monoisotopic (exact) mass is 229 g/mol. The highest BCUT2D eigenvalue weighted by atomic mass is 32.1. The lowest BCUT2D eigenvalue weighted by Gasteiger charge is -2.10. The van der Waals surface area contributed by atoms with Crippen LogP contribution in [0.3, 0.4) is 0 Å². The van der Waals surface area contributed by atoms with Crippen molar-refractivity contribution in [2.24, 2.45) is 0 Å². The molecule has 0 spiro atoms. The minimum Gasteiger partial charge on any atom is -0.466 e. The Morgan fingerprint density at radius 1 is 1.73 bits per heavy atom. The van der Waals surface area contributed by atoms with Crippen LogP contribution in [0.25, 0.3) is 0 Å². The second-order valence-electron chi connectivity index (χ2n) is 3.06. The van der Waals surface area contributed by atoms with Crippen molar-refractivity contribution in [3.8, 4) is 0 Å². The highest BCUT2D eigenvalue weighted by molar-refractivity contribution is 7.08. The number of aliphatic hydroxyl groups is 1.